The fourth-order valence-corrected chi connectivity index (χ4v) is 2.82. The van der Waals surface area contributed by atoms with Crippen LogP contribution in [0.5, 0.6) is 0 Å². The van der Waals surface area contributed by atoms with E-state index in [1.165, 1.54) is 0 Å². The van der Waals surface area contributed by atoms with Crippen LogP contribution in [0.2, 0.25) is 0 Å². The third-order valence-corrected chi connectivity index (χ3v) is 4.21. The van der Waals surface area contributed by atoms with Crippen LogP contribution in [0.15, 0.2) is 50.5 Å². The van der Waals surface area contributed by atoms with Gasteiger partial charge in [0, 0.05) is 10.5 Å². The number of fused-ring (bicyclic) bond motifs is 2. The Morgan fingerprint density at radius 1 is 1.09 bits per heavy atom. The summed E-state index contributed by atoms with van der Waals surface area (Å²) in [6.07, 6.45) is 1.97. The summed E-state index contributed by atoms with van der Waals surface area (Å²) >= 11 is 1.59. The van der Waals surface area contributed by atoms with Crippen molar-refractivity contribution in [2.75, 3.05) is 6.26 Å². The SMILES string of the molecule is CSc1ccc2oc3cc(-c4nn[nH]n4)ccc3c(=O)c2c1. The molecule has 2 heterocycles. The van der Waals surface area contributed by atoms with Crippen LogP contribution in [0.3, 0.4) is 0 Å². The number of aromatic amines is 1. The summed E-state index contributed by atoms with van der Waals surface area (Å²) in [4.78, 5) is 13.7. The zero-order chi connectivity index (χ0) is 15.1. The van der Waals surface area contributed by atoms with Crippen molar-refractivity contribution in [3.8, 4) is 11.4 Å². The number of rotatable bonds is 2. The van der Waals surface area contributed by atoms with Gasteiger partial charge < -0.3 is 4.42 Å². The lowest BCUT2D eigenvalue weighted by atomic mass is 10.1. The summed E-state index contributed by atoms with van der Waals surface area (Å²) in [6, 6.07) is 10.9. The summed E-state index contributed by atoms with van der Waals surface area (Å²) in [7, 11) is 0. The zero-order valence-corrected chi connectivity index (χ0v) is 12.3. The number of nitrogens with one attached hydrogen (secondary N) is 1. The molecule has 2 aromatic heterocycles. The molecule has 1 N–H and O–H groups in total. The Bertz CT molecular complexity index is 1040. The molecule has 0 saturated carbocycles. The van der Waals surface area contributed by atoms with Crippen LogP contribution < -0.4 is 5.43 Å². The molecule has 4 aromatic rings. The second-order valence-corrected chi connectivity index (χ2v) is 5.62. The maximum Gasteiger partial charge on any atom is 0.204 e. The van der Waals surface area contributed by atoms with Crippen LogP contribution in [0.25, 0.3) is 33.3 Å². The van der Waals surface area contributed by atoms with Crippen molar-refractivity contribution in [1.29, 1.82) is 0 Å². The first-order chi connectivity index (χ1) is 10.8. The first kappa shape index (κ1) is 13.0. The van der Waals surface area contributed by atoms with Gasteiger partial charge in [0.1, 0.15) is 11.2 Å². The maximum absolute atomic E-state index is 12.6. The average Bonchev–Trinajstić information content (AvgIpc) is 3.09. The second kappa shape index (κ2) is 4.96. The van der Waals surface area contributed by atoms with Crippen LogP contribution in [0, 0.1) is 0 Å². The Morgan fingerprint density at radius 3 is 2.77 bits per heavy atom. The third-order valence-electron chi connectivity index (χ3n) is 3.48. The predicted molar refractivity (Wildman–Crippen MR) is 84.9 cm³/mol. The lowest BCUT2D eigenvalue weighted by Crippen LogP contribution is -2.02. The molecule has 0 unspecified atom stereocenters. The molecule has 108 valence electrons. The fourth-order valence-electron chi connectivity index (χ4n) is 2.38. The third kappa shape index (κ3) is 1.98. The van der Waals surface area contributed by atoms with Gasteiger partial charge in [-0.15, -0.1) is 22.0 Å². The Morgan fingerprint density at radius 2 is 2.00 bits per heavy atom. The summed E-state index contributed by atoms with van der Waals surface area (Å²) < 4.78 is 5.87. The number of H-pyrrole nitrogens is 1. The van der Waals surface area contributed by atoms with Crippen LogP contribution in [0.4, 0.5) is 0 Å². The van der Waals surface area contributed by atoms with Crippen molar-refractivity contribution in [3.63, 3.8) is 0 Å². The summed E-state index contributed by atoms with van der Waals surface area (Å²) in [5.41, 5.74) is 1.79. The molecule has 0 spiro atoms. The largest absolute Gasteiger partial charge is 0.456 e. The maximum atomic E-state index is 12.6. The molecule has 0 bridgehead atoms. The Kier molecular flexibility index (Phi) is 2.93. The summed E-state index contributed by atoms with van der Waals surface area (Å²) in [5, 5.41) is 14.9. The Balaban J connectivity index is 2.02. The molecular weight excluding hydrogens is 300 g/mol. The normalized spacial score (nSPS) is 11.3. The fraction of sp³-hybridized carbons (Fsp3) is 0.0667. The van der Waals surface area contributed by atoms with Crippen molar-refractivity contribution < 1.29 is 4.42 Å². The lowest BCUT2D eigenvalue weighted by Gasteiger charge is -2.04. The summed E-state index contributed by atoms with van der Waals surface area (Å²) in [5.74, 6) is 0.461. The minimum Gasteiger partial charge on any atom is -0.456 e. The van der Waals surface area contributed by atoms with E-state index in [4.69, 9.17) is 4.42 Å². The molecule has 0 atom stereocenters. The molecule has 0 saturated heterocycles. The van der Waals surface area contributed by atoms with Gasteiger partial charge in [0.2, 0.25) is 11.3 Å². The molecule has 2 aromatic carbocycles. The van der Waals surface area contributed by atoms with Gasteiger partial charge in [0.15, 0.2) is 0 Å². The smallest absolute Gasteiger partial charge is 0.204 e. The van der Waals surface area contributed by atoms with E-state index in [0.717, 1.165) is 10.5 Å². The standard InChI is InChI=1S/C15H10N4O2S/c1-22-9-3-5-12-11(7-9)14(20)10-4-2-8(6-13(10)21-12)15-16-18-19-17-15/h2-7H,1H3,(H,16,17,18,19). The van der Waals surface area contributed by atoms with E-state index in [9.17, 15) is 4.79 Å². The van der Waals surface area contributed by atoms with Gasteiger partial charge in [0.05, 0.1) is 10.8 Å². The van der Waals surface area contributed by atoms with Crippen LogP contribution >= 0.6 is 11.8 Å². The van der Waals surface area contributed by atoms with E-state index >= 15 is 0 Å². The van der Waals surface area contributed by atoms with E-state index < -0.39 is 0 Å². The first-order valence-corrected chi connectivity index (χ1v) is 7.77. The minimum atomic E-state index is -0.0354. The summed E-state index contributed by atoms with van der Waals surface area (Å²) in [6.45, 7) is 0. The highest BCUT2D eigenvalue weighted by molar-refractivity contribution is 7.98. The van der Waals surface area contributed by atoms with Gasteiger partial charge >= 0.3 is 0 Å². The number of aromatic nitrogens is 4. The van der Waals surface area contributed by atoms with Crippen molar-refractivity contribution in [2.24, 2.45) is 0 Å². The van der Waals surface area contributed by atoms with Crippen LogP contribution in [0.1, 0.15) is 0 Å². The minimum absolute atomic E-state index is 0.0354. The van der Waals surface area contributed by atoms with Crippen molar-refractivity contribution >= 4 is 33.7 Å². The quantitative estimate of drug-likeness (QED) is 0.452. The number of tetrazole rings is 1. The van der Waals surface area contributed by atoms with Gasteiger partial charge in [-0.2, -0.15) is 5.21 Å². The number of hydrogen-bond donors (Lipinski definition) is 1. The molecular formula is C15H10N4O2S. The molecule has 0 radical (unpaired) electrons. The van der Waals surface area contributed by atoms with E-state index in [0.29, 0.717) is 27.8 Å². The van der Waals surface area contributed by atoms with Gasteiger partial charge in [-0.05, 0) is 41.8 Å². The van der Waals surface area contributed by atoms with Crippen LogP contribution in [-0.2, 0) is 0 Å². The van der Waals surface area contributed by atoms with Gasteiger partial charge in [-0.3, -0.25) is 4.79 Å². The Labute approximate surface area is 128 Å². The van der Waals surface area contributed by atoms with Crippen molar-refractivity contribution in [3.05, 3.63) is 46.6 Å². The Hall–Kier alpha value is -2.67. The van der Waals surface area contributed by atoms with Crippen molar-refractivity contribution in [2.45, 2.75) is 4.90 Å². The first-order valence-electron chi connectivity index (χ1n) is 6.55. The highest BCUT2D eigenvalue weighted by atomic mass is 32.2. The average molecular weight is 310 g/mol. The molecule has 0 aliphatic carbocycles. The van der Waals surface area contributed by atoms with Crippen LogP contribution in [-0.4, -0.2) is 26.9 Å². The van der Waals surface area contributed by atoms with E-state index in [1.807, 2.05) is 24.5 Å². The van der Waals surface area contributed by atoms with Gasteiger partial charge in [-0.25, -0.2) is 0 Å². The molecule has 0 fully saturated rings. The molecule has 0 aliphatic rings. The molecule has 7 heteroatoms. The number of thioether (sulfide) groups is 1. The molecule has 0 aliphatic heterocycles. The molecule has 0 amide bonds. The van der Waals surface area contributed by atoms with E-state index in [1.54, 1.807) is 30.0 Å². The van der Waals surface area contributed by atoms with E-state index in [-0.39, 0.29) is 5.43 Å². The molecule has 22 heavy (non-hydrogen) atoms. The number of nitrogens with zero attached hydrogens (tertiary/aromatic N) is 3. The van der Waals surface area contributed by atoms with Gasteiger partial charge in [0.25, 0.3) is 0 Å². The van der Waals surface area contributed by atoms with E-state index in [2.05, 4.69) is 20.6 Å². The lowest BCUT2D eigenvalue weighted by molar-refractivity contribution is 0.659. The second-order valence-electron chi connectivity index (χ2n) is 4.74. The topological polar surface area (TPSA) is 84.7 Å². The molecule has 6 nitrogen and oxygen atoms in total. The number of hydrogen-bond acceptors (Lipinski definition) is 6. The molecule has 4 rings (SSSR count). The van der Waals surface area contributed by atoms with Gasteiger partial charge in [-0.1, -0.05) is 6.07 Å². The zero-order valence-electron chi connectivity index (χ0n) is 11.5. The monoisotopic (exact) mass is 310 g/mol. The number of benzene rings is 2. The highest BCUT2D eigenvalue weighted by Gasteiger charge is 2.11. The predicted octanol–water partition coefficient (Wildman–Crippen LogP) is 2.85. The van der Waals surface area contributed by atoms with Crippen molar-refractivity contribution in [1.82, 2.24) is 20.6 Å². The highest BCUT2D eigenvalue weighted by Crippen LogP contribution is 2.25.